The molecular formula is C22H19N3O2. The number of ether oxygens (including phenoxy) is 1. The van der Waals surface area contributed by atoms with Crippen LogP contribution >= 0.6 is 0 Å². The van der Waals surface area contributed by atoms with Crippen LogP contribution in [0.1, 0.15) is 5.56 Å². The first-order valence-corrected chi connectivity index (χ1v) is 8.43. The fourth-order valence-electron chi connectivity index (χ4n) is 2.38. The van der Waals surface area contributed by atoms with E-state index in [1.165, 1.54) is 6.08 Å². The second-order valence-electron chi connectivity index (χ2n) is 5.65. The molecule has 134 valence electrons. The highest BCUT2D eigenvalue weighted by Gasteiger charge is 2.01. The molecule has 0 unspecified atom stereocenters. The molecule has 0 aliphatic heterocycles. The van der Waals surface area contributed by atoms with Gasteiger partial charge in [-0.05, 0) is 48.5 Å². The molecule has 1 amide bonds. The zero-order valence-electron chi connectivity index (χ0n) is 14.9. The number of rotatable bonds is 6. The molecule has 0 heterocycles. The van der Waals surface area contributed by atoms with Crippen LogP contribution in [0, 0.1) is 0 Å². The van der Waals surface area contributed by atoms with E-state index >= 15 is 0 Å². The topological polar surface area (TPSA) is 63.0 Å². The fourth-order valence-corrected chi connectivity index (χ4v) is 2.38. The first-order valence-electron chi connectivity index (χ1n) is 8.43. The van der Waals surface area contributed by atoms with E-state index in [1.54, 1.807) is 37.5 Å². The Hall–Kier alpha value is -3.73. The Morgan fingerprint density at radius 3 is 2.19 bits per heavy atom. The standard InChI is InChI=1S/C22H19N3O2/c1-27-21-10-6-5-7-17(21)11-16-22(26)23-18-12-14-20(15-13-18)25-24-19-8-3-2-4-9-19/h2-16H,1H3,(H,23,26)/b16-11+,25-24?. The van der Waals surface area contributed by atoms with Gasteiger partial charge >= 0.3 is 0 Å². The highest BCUT2D eigenvalue weighted by atomic mass is 16.5. The van der Waals surface area contributed by atoms with Gasteiger partial charge in [0.15, 0.2) is 0 Å². The van der Waals surface area contributed by atoms with E-state index in [9.17, 15) is 4.79 Å². The van der Waals surface area contributed by atoms with Crippen LogP contribution in [0.3, 0.4) is 0 Å². The summed E-state index contributed by atoms with van der Waals surface area (Å²) in [7, 11) is 1.60. The zero-order chi connectivity index (χ0) is 18.9. The van der Waals surface area contributed by atoms with Crippen LogP contribution in [0.4, 0.5) is 17.1 Å². The van der Waals surface area contributed by atoms with Crippen LogP contribution in [0.25, 0.3) is 6.08 Å². The van der Waals surface area contributed by atoms with E-state index in [0.717, 1.165) is 17.0 Å². The number of methoxy groups -OCH3 is 1. The number of hydrogen-bond acceptors (Lipinski definition) is 4. The summed E-state index contributed by atoms with van der Waals surface area (Å²) in [6.45, 7) is 0. The smallest absolute Gasteiger partial charge is 0.248 e. The molecule has 0 aliphatic rings. The van der Waals surface area contributed by atoms with Gasteiger partial charge in [0.05, 0.1) is 18.5 Å². The molecule has 27 heavy (non-hydrogen) atoms. The van der Waals surface area contributed by atoms with E-state index < -0.39 is 0 Å². The van der Waals surface area contributed by atoms with Crippen molar-refractivity contribution in [1.82, 2.24) is 0 Å². The Morgan fingerprint density at radius 1 is 0.852 bits per heavy atom. The lowest BCUT2D eigenvalue weighted by molar-refractivity contribution is -0.111. The largest absolute Gasteiger partial charge is 0.496 e. The van der Waals surface area contributed by atoms with Crippen LogP contribution in [-0.2, 0) is 4.79 Å². The Kier molecular flexibility index (Phi) is 6.09. The number of carbonyl (C=O) groups excluding carboxylic acids is 1. The molecule has 3 rings (SSSR count). The highest BCUT2D eigenvalue weighted by Crippen LogP contribution is 2.21. The summed E-state index contributed by atoms with van der Waals surface area (Å²) in [5.41, 5.74) is 3.02. The highest BCUT2D eigenvalue weighted by molar-refractivity contribution is 6.02. The summed E-state index contributed by atoms with van der Waals surface area (Å²) < 4.78 is 5.26. The van der Waals surface area contributed by atoms with Crippen molar-refractivity contribution in [2.75, 3.05) is 12.4 Å². The van der Waals surface area contributed by atoms with E-state index in [2.05, 4.69) is 15.5 Å². The molecule has 0 aliphatic carbocycles. The van der Waals surface area contributed by atoms with Gasteiger partial charge in [0.25, 0.3) is 0 Å². The van der Waals surface area contributed by atoms with Crippen LogP contribution in [0.15, 0.2) is 95.2 Å². The molecule has 3 aromatic carbocycles. The zero-order valence-corrected chi connectivity index (χ0v) is 14.9. The van der Waals surface area contributed by atoms with Crippen molar-refractivity contribution < 1.29 is 9.53 Å². The number of para-hydroxylation sites is 1. The number of amides is 1. The van der Waals surface area contributed by atoms with Crippen LogP contribution in [-0.4, -0.2) is 13.0 Å². The second-order valence-corrected chi connectivity index (χ2v) is 5.65. The summed E-state index contributed by atoms with van der Waals surface area (Å²) in [4.78, 5) is 12.1. The molecule has 0 saturated heterocycles. The molecular weight excluding hydrogens is 338 g/mol. The van der Waals surface area contributed by atoms with Crippen LogP contribution < -0.4 is 10.1 Å². The number of benzene rings is 3. The summed E-state index contributed by atoms with van der Waals surface area (Å²) in [6, 6.07) is 24.2. The molecule has 0 saturated carbocycles. The molecule has 1 N–H and O–H groups in total. The molecule has 5 nitrogen and oxygen atoms in total. The average Bonchev–Trinajstić information content (AvgIpc) is 2.72. The second kappa shape index (κ2) is 9.10. The third kappa shape index (κ3) is 5.37. The third-order valence-corrected chi connectivity index (χ3v) is 3.73. The predicted octanol–water partition coefficient (Wildman–Crippen LogP) is 5.76. The van der Waals surface area contributed by atoms with Crippen molar-refractivity contribution in [3.8, 4) is 5.75 Å². The third-order valence-electron chi connectivity index (χ3n) is 3.73. The quantitative estimate of drug-likeness (QED) is 0.450. The Morgan fingerprint density at radius 2 is 1.48 bits per heavy atom. The molecule has 0 radical (unpaired) electrons. The normalized spacial score (nSPS) is 11.0. The van der Waals surface area contributed by atoms with E-state index in [0.29, 0.717) is 11.4 Å². The van der Waals surface area contributed by atoms with Gasteiger partial charge in [0.2, 0.25) is 5.91 Å². The van der Waals surface area contributed by atoms with Crippen molar-refractivity contribution in [3.05, 3.63) is 90.5 Å². The maximum absolute atomic E-state index is 12.1. The minimum Gasteiger partial charge on any atom is -0.496 e. The number of hydrogen-bond donors (Lipinski definition) is 1. The summed E-state index contributed by atoms with van der Waals surface area (Å²) in [5, 5.41) is 11.1. The summed E-state index contributed by atoms with van der Waals surface area (Å²) >= 11 is 0. The molecule has 5 heteroatoms. The first-order chi connectivity index (χ1) is 13.2. The number of nitrogens with one attached hydrogen (secondary N) is 1. The monoisotopic (exact) mass is 357 g/mol. The molecule has 3 aromatic rings. The first kappa shape index (κ1) is 18.1. The number of anilines is 1. The molecule has 0 atom stereocenters. The summed E-state index contributed by atoms with van der Waals surface area (Å²) in [6.07, 6.45) is 3.19. The van der Waals surface area contributed by atoms with Gasteiger partial charge < -0.3 is 10.1 Å². The molecule has 0 bridgehead atoms. The Labute approximate surface area is 158 Å². The van der Waals surface area contributed by atoms with Crippen LogP contribution in [0.5, 0.6) is 5.75 Å². The van der Waals surface area contributed by atoms with Gasteiger partial charge in [0.1, 0.15) is 5.75 Å². The number of nitrogens with zero attached hydrogens (tertiary/aromatic N) is 2. The Bertz CT molecular complexity index is 949. The van der Waals surface area contributed by atoms with Crippen molar-refractivity contribution in [2.45, 2.75) is 0 Å². The van der Waals surface area contributed by atoms with Crippen molar-refractivity contribution in [2.24, 2.45) is 10.2 Å². The van der Waals surface area contributed by atoms with Crippen molar-refractivity contribution in [3.63, 3.8) is 0 Å². The van der Waals surface area contributed by atoms with Gasteiger partial charge in [-0.15, -0.1) is 0 Å². The van der Waals surface area contributed by atoms with E-state index in [4.69, 9.17) is 4.74 Å². The number of carbonyl (C=O) groups is 1. The minimum atomic E-state index is -0.223. The lowest BCUT2D eigenvalue weighted by Gasteiger charge is -2.04. The van der Waals surface area contributed by atoms with Gasteiger partial charge in [-0.1, -0.05) is 36.4 Å². The van der Waals surface area contributed by atoms with Crippen molar-refractivity contribution >= 4 is 29.0 Å². The van der Waals surface area contributed by atoms with Gasteiger partial charge in [0, 0.05) is 17.3 Å². The van der Waals surface area contributed by atoms with E-state index in [-0.39, 0.29) is 5.91 Å². The van der Waals surface area contributed by atoms with Gasteiger partial charge in [-0.3, -0.25) is 4.79 Å². The van der Waals surface area contributed by atoms with E-state index in [1.807, 2.05) is 54.6 Å². The maximum Gasteiger partial charge on any atom is 0.248 e. The molecule has 0 spiro atoms. The molecule has 0 fully saturated rings. The molecule has 0 aromatic heterocycles. The Balaban J connectivity index is 1.60. The summed E-state index contributed by atoms with van der Waals surface area (Å²) in [5.74, 6) is 0.495. The minimum absolute atomic E-state index is 0.223. The average molecular weight is 357 g/mol. The fraction of sp³-hybridized carbons (Fsp3) is 0.0455. The predicted molar refractivity (Wildman–Crippen MR) is 108 cm³/mol. The number of azo groups is 1. The SMILES string of the molecule is COc1ccccc1/C=C/C(=O)Nc1ccc(N=Nc2ccccc2)cc1. The lowest BCUT2D eigenvalue weighted by Crippen LogP contribution is -2.07. The van der Waals surface area contributed by atoms with Crippen LogP contribution in [0.2, 0.25) is 0 Å². The van der Waals surface area contributed by atoms with Crippen molar-refractivity contribution in [1.29, 1.82) is 0 Å². The maximum atomic E-state index is 12.1. The lowest BCUT2D eigenvalue weighted by atomic mass is 10.2. The van der Waals surface area contributed by atoms with Gasteiger partial charge in [-0.2, -0.15) is 10.2 Å². The van der Waals surface area contributed by atoms with Gasteiger partial charge in [-0.25, -0.2) is 0 Å².